The fraction of sp³-hybridized carbons (Fsp3) is 0.233. The van der Waals surface area contributed by atoms with Crippen LogP contribution < -0.4 is 28.3 Å². The molecule has 75 heavy (non-hydrogen) atoms. The van der Waals surface area contributed by atoms with E-state index in [0.29, 0.717) is 71.6 Å². The number of hydrogen-bond acceptors (Lipinski definition) is 11. The number of aromatic nitrogens is 6. The number of rotatable bonds is 18. The van der Waals surface area contributed by atoms with Crippen molar-refractivity contribution in [2.24, 2.45) is 5.73 Å². The molecule has 15 heteroatoms. The summed E-state index contributed by atoms with van der Waals surface area (Å²) in [5, 5.41) is 0. The lowest BCUT2D eigenvalue weighted by Crippen LogP contribution is -2.29. The SMILES string of the molecule is Cc1nc(N)ccc1CN.[C-]#[N+]c1ccc(-c2cnc(CCCc3ccccc3)c(=O)n2CC(=O)CCc2ccc(N)nc2C)cc1.[C-]#[N+]c1ccc(-c2cnc(CCCc3ccccc3)c(=O)n2CC(C)=O)cc1. The van der Waals surface area contributed by atoms with Gasteiger partial charge in [0.2, 0.25) is 0 Å². The molecule has 0 atom stereocenters. The average molecular weight is 1000 g/mol. The molecule has 0 aliphatic heterocycles. The van der Waals surface area contributed by atoms with Gasteiger partial charge in [0.1, 0.15) is 28.8 Å². The fourth-order valence-electron chi connectivity index (χ4n) is 8.25. The maximum absolute atomic E-state index is 13.5. The van der Waals surface area contributed by atoms with Crippen molar-refractivity contribution in [2.75, 3.05) is 11.5 Å². The lowest BCUT2D eigenvalue weighted by atomic mass is 10.1. The van der Waals surface area contributed by atoms with E-state index in [9.17, 15) is 19.2 Å². The summed E-state index contributed by atoms with van der Waals surface area (Å²) < 4.78 is 3.01. The second-order valence-electron chi connectivity index (χ2n) is 17.9. The van der Waals surface area contributed by atoms with E-state index in [1.165, 1.54) is 27.2 Å². The normalized spacial score (nSPS) is 10.5. The second kappa shape index (κ2) is 27.6. The van der Waals surface area contributed by atoms with Crippen LogP contribution in [0.5, 0.6) is 0 Å². The van der Waals surface area contributed by atoms with Crippen LogP contribution >= 0.6 is 0 Å². The highest BCUT2D eigenvalue weighted by molar-refractivity contribution is 5.79. The van der Waals surface area contributed by atoms with Crippen molar-refractivity contribution in [2.45, 2.75) is 91.8 Å². The van der Waals surface area contributed by atoms with E-state index in [2.05, 4.69) is 53.9 Å². The number of Topliss-reactive ketones (excluding diaryl/α,β-unsaturated/α-hetero) is 2. The van der Waals surface area contributed by atoms with E-state index >= 15 is 0 Å². The Kier molecular flexibility index (Phi) is 20.3. The third-order valence-corrected chi connectivity index (χ3v) is 12.3. The first-order valence-corrected chi connectivity index (χ1v) is 24.6. The van der Waals surface area contributed by atoms with Gasteiger partial charge in [0.15, 0.2) is 17.2 Å². The summed E-state index contributed by atoms with van der Waals surface area (Å²) >= 11 is 0. The van der Waals surface area contributed by atoms with Crippen LogP contribution in [0, 0.1) is 27.0 Å². The number of aryl methyl sites for hydroxylation is 7. The summed E-state index contributed by atoms with van der Waals surface area (Å²) in [6.45, 7) is 20.0. The summed E-state index contributed by atoms with van der Waals surface area (Å²) in [5.74, 6) is 0.848. The smallest absolute Gasteiger partial charge is 0.273 e. The molecule has 0 aliphatic carbocycles. The molecule has 4 aromatic heterocycles. The maximum Gasteiger partial charge on any atom is 0.273 e. The monoisotopic (exact) mass is 999 g/mol. The standard InChI is InChI=1S/C30H29N5O2.C23H21N3O2.C7H11N3/c1-21-23(14-18-29(31)34-21)13-17-26(36)20-35-28(24-11-15-25(32-2)16-12-24)19-33-27(30(35)37)10-6-9-22-7-4-3-5-8-22;1-17(27)16-26-22(19-11-13-20(24-2)14-12-19)15-25-21(23(26)28)10-6-9-18-7-4-3-5-8-18;1-5-6(4-8)2-3-7(9)10-5/h3-5,7-8,11-12,14-16,18-19H,6,9-10,13,17,20H2,1H3,(H2,31,34);3-5,7-8,11-15H,6,9-10,16H2,1H3;2-3H,4,8H2,1H3,(H2,9,10). The van der Waals surface area contributed by atoms with Crippen LogP contribution in [0.2, 0.25) is 0 Å². The van der Waals surface area contributed by atoms with Gasteiger partial charge in [-0.25, -0.2) is 19.7 Å². The van der Waals surface area contributed by atoms with Gasteiger partial charge < -0.3 is 17.2 Å². The molecular weight excluding hydrogens is 939 g/mol. The molecule has 4 heterocycles. The van der Waals surface area contributed by atoms with Gasteiger partial charge in [-0.15, -0.1) is 0 Å². The van der Waals surface area contributed by atoms with Crippen LogP contribution in [-0.4, -0.2) is 40.6 Å². The van der Waals surface area contributed by atoms with Crippen LogP contribution in [0.25, 0.3) is 32.2 Å². The third kappa shape index (κ3) is 16.2. The summed E-state index contributed by atoms with van der Waals surface area (Å²) in [5.41, 5.74) is 26.9. The zero-order valence-corrected chi connectivity index (χ0v) is 42.6. The van der Waals surface area contributed by atoms with Gasteiger partial charge in [-0.3, -0.25) is 38.3 Å². The Morgan fingerprint density at radius 2 is 0.973 bits per heavy atom. The van der Waals surface area contributed by atoms with E-state index < -0.39 is 0 Å². The first-order chi connectivity index (χ1) is 36.3. The molecule has 0 spiro atoms. The molecule has 15 nitrogen and oxygen atoms in total. The zero-order valence-electron chi connectivity index (χ0n) is 42.6. The van der Waals surface area contributed by atoms with Crippen molar-refractivity contribution >= 4 is 34.6 Å². The van der Waals surface area contributed by atoms with Gasteiger partial charge >= 0.3 is 0 Å². The summed E-state index contributed by atoms with van der Waals surface area (Å²) in [6.07, 6.45) is 8.50. The molecule has 0 unspecified atom stereocenters. The minimum absolute atomic E-state index is 0.00689. The van der Waals surface area contributed by atoms with E-state index in [1.54, 1.807) is 73.1 Å². The van der Waals surface area contributed by atoms with Crippen molar-refractivity contribution in [3.05, 3.63) is 234 Å². The van der Waals surface area contributed by atoms with Crippen LogP contribution in [-0.2, 0) is 61.3 Å². The lowest BCUT2D eigenvalue weighted by molar-refractivity contribution is -0.119. The van der Waals surface area contributed by atoms with Crippen LogP contribution in [0.4, 0.5) is 23.0 Å². The maximum atomic E-state index is 13.5. The average Bonchev–Trinajstić information content (AvgIpc) is 3.41. The number of benzene rings is 4. The molecule has 0 amide bonds. The van der Waals surface area contributed by atoms with Crippen molar-refractivity contribution in [3.63, 3.8) is 0 Å². The quantitative estimate of drug-likeness (QED) is 0.0688. The Morgan fingerprint density at radius 1 is 0.547 bits per heavy atom. The van der Waals surface area contributed by atoms with Gasteiger partial charge in [0.25, 0.3) is 11.1 Å². The number of hydrogen-bond donors (Lipinski definition) is 3. The van der Waals surface area contributed by atoms with Crippen LogP contribution in [0.15, 0.2) is 155 Å². The minimum atomic E-state index is -0.251. The number of carbonyl (C=O) groups excluding carboxylic acids is 2. The number of pyridine rings is 2. The first kappa shape index (κ1) is 55.1. The van der Waals surface area contributed by atoms with Crippen molar-refractivity contribution < 1.29 is 9.59 Å². The van der Waals surface area contributed by atoms with Crippen molar-refractivity contribution in [3.8, 4) is 22.5 Å². The first-order valence-electron chi connectivity index (χ1n) is 24.6. The largest absolute Gasteiger partial charge is 0.384 e. The number of nitrogens with zero attached hydrogens (tertiary/aromatic N) is 8. The number of nitrogen functional groups attached to an aromatic ring is 2. The highest BCUT2D eigenvalue weighted by atomic mass is 16.1. The Bertz CT molecular complexity index is 3420. The van der Waals surface area contributed by atoms with E-state index in [-0.39, 0.29) is 42.2 Å². The molecule has 0 saturated heterocycles. The topological polar surface area (TPSA) is 216 Å². The number of nitrogens with two attached hydrogens (primary N) is 3. The number of anilines is 2. The highest BCUT2D eigenvalue weighted by Gasteiger charge is 2.17. The molecule has 8 rings (SSSR count). The highest BCUT2D eigenvalue weighted by Crippen LogP contribution is 2.24. The zero-order chi connectivity index (χ0) is 53.7. The number of ketones is 2. The predicted molar refractivity (Wildman–Crippen MR) is 296 cm³/mol. The molecule has 8 aromatic rings. The summed E-state index contributed by atoms with van der Waals surface area (Å²) in [4.78, 5) is 75.2. The van der Waals surface area contributed by atoms with Gasteiger partial charge in [-0.05, 0) is 111 Å². The predicted octanol–water partition coefficient (Wildman–Crippen LogP) is 9.78. The number of carbonyl (C=O) groups is 2. The van der Waals surface area contributed by atoms with Gasteiger partial charge in [-0.1, -0.05) is 121 Å². The van der Waals surface area contributed by atoms with E-state index in [0.717, 1.165) is 59.3 Å². The third-order valence-electron chi connectivity index (χ3n) is 12.3. The Morgan fingerprint density at radius 3 is 1.37 bits per heavy atom. The molecule has 380 valence electrons. The van der Waals surface area contributed by atoms with E-state index in [4.69, 9.17) is 30.3 Å². The Balaban J connectivity index is 0.000000211. The lowest BCUT2D eigenvalue weighted by Gasteiger charge is -2.14. The molecular formula is C60H61N11O4. The molecule has 0 saturated carbocycles. The Hall–Kier alpha value is -9.18. The van der Waals surface area contributed by atoms with Gasteiger partial charge in [0, 0.05) is 24.4 Å². The van der Waals surface area contributed by atoms with Gasteiger partial charge in [0.05, 0.1) is 50.0 Å². The molecule has 0 aliphatic rings. The fourth-order valence-corrected chi connectivity index (χ4v) is 8.25. The molecule has 0 fully saturated rings. The van der Waals surface area contributed by atoms with Crippen LogP contribution in [0.3, 0.4) is 0 Å². The summed E-state index contributed by atoms with van der Waals surface area (Å²) in [6, 6.07) is 41.4. The molecule has 0 radical (unpaired) electrons. The minimum Gasteiger partial charge on any atom is -0.384 e. The van der Waals surface area contributed by atoms with Crippen molar-refractivity contribution in [1.29, 1.82) is 0 Å². The van der Waals surface area contributed by atoms with E-state index in [1.807, 2.05) is 62.4 Å². The Labute approximate surface area is 437 Å². The second-order valence-corrected chi connectivity index (χ2v) is 17.9. The van der Waals surface area contributed by atoms with Crippen LogP contribution in [0.1, 0.15) is 71.2 Å². The van der Waals surface area contributed by atoms with Crippen molar-refractivity contribution in [1.82, 2.24) is 29.1 Å². The molecule has 4 aromatic carbocycles. The molecule has 6 N–H and O–H groups in total. The summed E-state index contributed by atoms with van der Waals surface area (Å²) in [7, 11) is 0. The molecule has 0 bridgehead atoms. The van der Waals surface area contributed by atoms with Gasteiger partial charge in [-0.2, -0.15) is 0 Å².